The van der Waals surface area contributed by atoms with Gasteiger partial charge in [-0.2, -0.15) is 0 Å². The zero-order chi connectivity index (χ0) is 16.4. The quantitative estimate of drug-likeness (QED) is 0.847. The van der Waals surface area contributed by atoms with Crippen LogP contribution >= 0.6 is 0 Å². The van der Waals surface area contributed by atoms with Crippen molar-refractivity contribution in [3.05, 3.63) is 64.5 Å². The van der Waals surface area contributed by atoms with E-state index in [9.17, 15) is 8.78 Å². The van der Waals surface area contributed by atoms with Crippen molar-refractivity contribution in [2.75, 3.05) is 13.1 Å². The molecule has 2 aromatic rings. The van der Waals surface area contributed by atoms with Crippen molar-refractivity contribution in [3.8, 4) is 0 Å². The highest BCUT2D eigenvalue weighted by Gasteiger charge is 2.49. The number of nitrogens with zero attached hydrogens (tertiary/aromatic N) is 1. The van der Waals surface area contributed by atoms with Crippen LogP contribution in [0.5, 0.6) is 0 Å². The molecule has 0 fully saturated rings. The van der Waals surface area contributed by atoms with Gasteiger partial charge in [0.25, 0.3) is 5.92 Å². The number of aromatic nitrogens is 1. The molecule has 3 rings (SSSR count). The summed E-state index contributed by atoms with van der Waals surface area (Å²) in [7, 11) is 0. The molecule has 0 saturated carbocycles. The Morgan fingerprint density at radius 3 is 2.65 bits per heavy atom. The molecular formula is C19H22F2N2. The Labute approximate surface area is 136 Å². The van der Waals surface area contributed by atoms with Crippen LogP contribution in [0.2, 0.25) is 0 Å². The second-order valence-corrected chi connectivity index (χ2v) is 6.19. The third kappa shape index (κ3) is 3.00. The van der Waals surface area contributed by atoms with Gasteiger partial charge in [-0.3, -0.25) is 4.98 Å². The second-order valence-electron chi connectivity index (χ2n) is 6.19. The monoisotopic (exact) mass is 316 g/mol. The summed E-state index contributed by atoms with van der Waals surface area (Å²) >= 11 is 0. The van der Waals surface area contributed by atoms with Gasteiger partial charge in [0, 0.05) is 18.8 Å². The van der Waals surface area contributed by atoms with Gasteiger partial charge in [0.15, 0.2) is 0 Å². The van der Waals surface area contributed by atoms with E-state index in [0.717, 1.165) is 41.8 Å². The van der Waals surface area contributed by atoms with Crippen LogP contribution in [-0.2, 0) is 12.8 Å². The number of benzene rings is 1. The van der Waals surface area contributed by atoms with Gasteiger partial charge in [-0.25, -0.2) is 8.78 Å². The summed E-state index contributed by atoms with van der Waals surface area (Å²) in [6.07, 6.45) is 3.79. The topological polar surface area (TPSA) is 24.9 Å². The molecule has 23 heavy (non-hydrogen) atoms. The number of likely N-dealkylation sites (N-methyl/N-ethyl adjacent to an activating group) is 1. The highest BCUT2D eigenvalue weighted by molar-refractivity contribution is 5.52. The summed E-state index contributed by atoms with van der Waals surface area (Å²) < 4.78 is 29.5. The van der Waals surface area contributed by atoms with Gasteiger partial charge in [0.2, 0.25) is 0 Å². The second kappa shape index (κ2) is 6.36. The molecule has 2 nitrogen and oxygen atoms in total. The maximum atomic E-state index is 14.8. The molecule has 0 aliphatic heterocycles. The van der Waals surface area contributed by atoms with Gasteiger partial charge >= 0.3 is 0 Å². The molecule has 1 aromatic heterocycles. The first-order valence-electron chi connectivity index (χ1n) is 8.14. The van der Waals surface area contributed by atoms with Gasteiger partial charge in [-0.15, -0.1) is 0 Å². The fourth-order valence-electron chi connectivity index (χ4n) is 3.59. The summed E-state index contributed by atoms with van der Waals surface area (Å²) in [6, 6.07) is 7.27. The number of hydrogen-bond acceptors (Lipinski definition) is 2. The molecule has 122 valence electrons. The van der Waals surface area contributed by atoms with Crippen LogP contribution in [0.1, 0.15) is 40.7 Å². The summed E-state index contributed by atoms with van der Waals surface area (Å²) in [5, 5.41) is 3.29. The van der Waals surface area contributed by atoms with Crippen LogP contribution < -0.4 is 5.32 Å². The minimum Gasteiger partial charge on any atom is -0.317 e. The molecular weight excluding hydrogens is 294 g/mol. The number of halogens is 2. The zero-order valence-corrected chi connectivity index (χ0v) is 13.6. The van der Waals surface area contributed by atoms with Gasteiger partial charge in [-0.1, -0.05) is 19.1 Å². The Hall–Kier alpha value is -1.81. The van der Waals surface area contributed by atoms with Crippen molar-refractivity contribution in [1.82, 2.24) is 10.3 Å². The van der Waals surface area contributed by atoms with E-state index < -0.39 is 11.8 Å². The molecule has 1 heterocycles. The Morgan fingerprint density at radius 1 is 1.22 bits per heavy atom. The fourth-order valence-corrected chi connectivity index (χ4v) is 3.59. The minimum absolute atomic E-state index is 0.177. The molecule has 1 aliphatic rings. The van der Waals surface area contributed by atoms with Crippen molar-refractivity contribution >= 4 is 0 Å². The van der Waals surface area contributed by atoms with E-state index in [1.54, 1.807) is 24.5 Å². The largest absolute Gasteiger partial charge is 0.317 e. The van der Waals surface area contributed by atoms with Crippen molar-refractivity contribution < 1.29 is 8.78 Å². The van der Waals surface area contributed by atoms with Crippen LogP contribution in [0, 0.1) is 6.92 Å². The number of alkyl halides is 2. The van der Waals surface area contributed by atoms with E-state index in [1.807, 2.05) is 19.1 Å². The molecule has 4 heteroatoms. The standard InChI is InChI=1S/C19H22F2N2/c1-3-22-11-8-16-13(2)4-5-15-12-19(20,21)18(17(15)16)14-6-9-23-10-7-14/h4-7,9-10,18,22H,3,8,11-12H2,1-2H3. The number of nitrogens with one attached hydrogen (secondary N) is 1. The highest BCUT2D eigenvalue weighted by atomic mass is 19.3. The predicted molar refractivity (Wildman–Crippen MR) is 88.2 cm³/mol. The lowest BCUT2D eigenvalue weighted by atomic mass is 9.86. The Kier molecular flexibility index (Phi) is 4.44. The summed E-state index contributed by atoms with van der Waals surface area (Å²) in [6.45, 7) is 5.76. The lowest BCUT2D eigenvalue weighted by Gasteiger charge is -2.23. The molecule has 0 amide bonds. The van der Waals surface area contributed by atoms with Gasteiger partial charge in [0.1, 0.15) is 0 Å². The third-order valence-corrected chi connectivity index (χ3v) is 4.66. The molecule has 0 saturated heterocycles. The van der Waals surface area contributed by atoms with Crippen LogP contribution in [0.3, 0.4) is 0 Å². The zero-order valence-electron chi connectivity index (χ0n) is 13.6. The number of aryl methyl sites for hydroxylation is 1. The highest BCUT2D eigenvalue weighted by Crippen LogP contribution is 2.50. The van der Waals surface area contributed by atoms with E-state index in [4.69, 9.17) is 0 Å². The fraction of sp³-hybridized carbons (Fsp3) is 0.421. The van der Waals surface area contributed by atoms with E-state index in [1.165, 1.54) is 0 Å². The molecule has 1 atom stereocenters. The smallest absolute Gasteiger partial charge is 0.262 e. The lowest BCUT2D eigenvalue weighted by molar-refractivity contribution is -0.00373. The van der Waals surface area contributed by atoms with E-state index in [0.29, 0.717) is 5.56 Å². The molecule has 0 bridgehead atoms. The summed E-state index contributed by atoms with van der Waals surface area (Å²) in [4.78, 5) is 3.97. The summed E-state index contributed by atoms with van der Waals surface area (Å²) in [5.74, 6) is -3.61. The first kappa shape index (κ1) is 16.1. The molecule has 1 N–H and O–H groups in total. The molecule has 1 aromatic carbocycles. The Bertz CT molecular complexity index is 683. The Balaban J connectivity index is 2.08. The van der Waals surface area contributed by atoms with E-state index >= 15 is 0 Å². The first-order chi connectivity index (χ1) is 11.0. The van der Waals surface area contributed by atoms with Crippen molar-refractivity contribution in [3.63, 3.8) is 0 Å². The van der Waals surface area contributed by atoms with E-state index in [2.05, 4.69) is 17.2 Å². The van der Waals surface area contributed by atoms with E-state index in [-0.39, 0.29) is 6.42 Å². The number of hydrogen-bond donors (Lipinski definition) is 1. The van der Waals surface area contributed by atoms with Gasteiger partial charge < -0.3 is 5.32 Å². The third-order valence-electron chi connectivity index (χ3n) is 4.66. The van der Waals surface area contributed by atoms with Crippen molar-refractivity contribution in [1.29, 1.82) is 0 Å². The van der Waals surface area contributed by atoms with Crippen LogP contribution in [0.15, 0.2) is 36.7 Å². The van der Waals surface area contributed by atoms with Gasteiger partial charge in [0.05, 0.1) is 5.92 Å². The van der Waals surface area contributed by atoms with Crippen LogP contribution in [0.4, 0.5) is 8.78 Å². The van der Waals surface area contributed by atoms with Crippen molar-refractivity contribution in [2.24, 2.45) is 0 Å². The molecule has 1 aliphatic carbocycles. The maximum absolute atomic E-state index is 14.8. The maximum Gasteiger partial charge on any atom is 0.262 e. The lowest BCUT2D eigenvalue weighted by Crippen LogP contribution is -2.24. The molecule has 1 unspecified atom stereocenters. The average molecular weight is 316 g/mol. The number of pyridine rings is 1. The van der Waals surface area contributed by atoms with Crippen LogP contribution in [-0.4, -0.2) is 24.0 Å². The minimum atomic E-state index is -2.75. The average Bonchev–Trinajstić information content (AvgIpc) is 2.81. The summed E-state index contributed by atoms with van der Waals surface area (Å²) in [5.41, 5.74) is 4.44. The molecule has 0 radical (unpaired) electrons. The van der Waals surface area contributed by atoms with Crippen molar-refractivity contribution in [2.45, 2.75) is 38.5 Å². The SMILES string of the molecule is CCNCCc1c(C)ccc2c1C(c1ccncc1)C(F)(F)C2. The normalized spacial score (nSPS) is 18.9. The predicted octanol–water partition coefficient (Wildman–Crippen LogP) is 3.87. The van der Waals surface area contributed by atoms with Crippen LogP contribution in [0.25, 0.3) is 0 Å². The Morgan fingerprint density at radius 2 is 1.96 bits per heavy atom. The number of fused-ring (bicyclic) bond motifs is 1. The first-order valence-corrected chi connectivity index (χ1v) is 8.14. The molecule has 0 spiro atoms. The van der Waals surface area contributed by atoms with Gasteiger partial charge in [-0.05, 0) is 66.4 Å². The number of rotatable bonds is 5.